The number of nitrogen functional groups attached to an aromatic ring is 1. The van der Waals surface area contributed by atoms with Gasteiger partial charge in [0.25, 0.3) is 5.91 Å². The molecule has 51 heavy (non-hydrogen) atoms. The van der Waals surface area contributed by atoms with E-state index in [-0.39, 0.29) is 12.5 Å². The number of aromatic amines is 1. The first-order chi connectivity index (χ1) is 24.6. The van der Waals surface area contributed by atoms with E-state index in [2.05, 4.69) is 39.9 Å². The summed E-state index contributed by atoms with van der Waals surface area (Å²) in [5, 5.41) is 11.0. The summed E-state index contributed by atoms with van der Waals surface area (Å²) in [7, 11) is 0. The number of ether oxygens (including phenoxy) is 2. The average molecular weight is 714 g/mol. The highest BCUT2D eigenvalue weighted by Gasteiger charge is 2.20. The largest absolute Gasteiger partial charge is 0.473 e. The Hall–Kier alpha value is -4.84. The van der Waals surface area contributed by atoms with E-state index >= 15 is 0 Å². The number of nitrogens with zero attached hydrogens (tertiary/aromatic N) is 3. The summed E-state index contributed by atoms with van der Waals surface area (Å²) >= 11 is 5.81. The number of nitrogens with one attached hydrogen (secondary N) is 3. The Morgan fingerprint density at radius 1 is 1.22 bits per heavy atom. The van der Waals surface area contributed by atoms with Crippen LogP contribution in [0.1, 0.15) is 66.8 Å². The third-order valence-corrected chi connectivity index (χ3v) is 9.14. The van der Waals surface area contributed by atoms with Crippen LogP contribution in [0.5, 0.6) is 0 Å². The van der Waals surface area contributed by atoms with Gasteiger partial charge in [0, 0.05) is 45.4 Å². The molecule has 1 amide bonds. The lowest BCUT2D eigenvalue weighted by Gasteiger charge is -2.30. The van der Waals surface area contributed by atoms with Crippen LogP contribution in [-0.4, -0.2) is 59.0 Å². The molecule has 0 unspecified atom stereocenters. The molecule has 0 aliphatic carbocycles. The number of imidazole rings is 1. The molecule has 2 saturated heterocycles. The molecular weight excluding hydrogens is 669 g/mol. The van der Waals surface area contributed by atoms with Gasteiger partial charge in [0.2, 0.25) is 5.88 Å². The molecule has 268 valence electrons. The van der Waals surface area contributed by atoms with Gasteiger partial charge in [0.05, 0.1) is 23.7 Å². The van der Waals surface area contributed by atoms with Gasteiger partial charge in [0.1, 0.15) is 18.2 Å². The van der Waals surface area contributed by atoms with Gasteiger partial charge in [-0.25, -0.2) is 14.4 Å². The van der Waals surface area contributed by atoms with Gasteiger partial charge in [-0.15, -0.1) is 0 Å². The number of aliphatic imine (C=N–C) groups is 1. The number of fused-ring (bicyclic) bond motifs is 1. The third-order valence-electron chi connectivity index (χ3n) is 8.90. The lowest BCUT2D eigenvalue weighted by molar-refractivity contribution is -0.0375. The zero-order valence-electron chi connectivity index (χ0n) is 29.1. The minimum Gasteiger partial charge on any atom is -0.473 e. The first-order valence-corrected chi connectivity index (χ1v) is 17.4. The number of aromatic nitrogens is 2. The van der Waals surface area contributed by atoms with Crippen LogP contribution in [0, 0.1) is 17.1 Å². The lowest BCUT2D eigenvalue weighted by atomic mass is 9.93. The van der Waals surface area contributed by atoms with Crippen molar-refractivity contribution in [3.8, 4) is 0 Å². The fourth-order valence-electron chi connectivity index (χ4n) is 5.77. The van der Waals surface area contributed by atoms with E-state index in [0.29, 0.717) is 63.2 Å². The molecule has 2 aliphatic heterocycles. The summed E-state index contributed by atoms with van der Waals surface area (Å²) < 4.78 is 24.5. The molecule has 0 bridgehead atoms. The molecule has 3 heterocycles. The third kappa shape index (κ3) is 10.8. The number of carbonyl (C=O) groups is 1. The summed E-state index contributed by atoms with van der Waals surface area (Å²) in [6, 6.07) is 15.0. The van der Waals surface area contributed by atoms with E-state index in [1.165, 1.54) is 12.5 Å². The van der Waals surface area contributed by atoms with Crippen molar-refractivity contribution < 1.29 is 18.7 Å². The van der Waals surface area contributed by atoms with E-state index in [4.69, 9.17) is 37.2 Å². The highest BCUT2D eigenvalue weighted by Crippen LogP contribution is 2.24. The summed E-state index contributed by atoms with van der Waals surface area (Å²) in [6.07, 6.45) is 10.7. The van der Waals surface area contributed by atoms with Crippen LogP contribution in [0.2, 0.25) is 5.02 Å². The van der Waals surface area contributed by atoms with Gasteiger partial charge in [-0.2, -0.15) is 0 Å². The van der Waals surface area contributed by atoms with Crippen molar-refractivity contribution in [1.29, 1.82) is 5.41 Å². The molecule has 4 aromatic rings. The number of piperidine rings is 1. The smallest absolute Gasteiger partial charge is 0.255 e. The zero-order valence-corrected chi connectivity index (χ0v) is 29.8. The van der Waals surface area contributed by atoms with Crippen molar-refractivity contribution in [3.63, 3.8) is 0 Å². The summed E-state index contributed by atoms with van der Waals surface area (Å²) in [5.74, 6) is 1.10. The van der Waals surface area contributed by atoms with Crippen LogP contribution in [-0.2, 0) is 22.6 Å². The van der Waals surface area contributed by atoms with Gasteiger partial charge in [-0.3, -0.25) is 9.69 Å². The number of carbonyl (C=O) groups excluding carboxylic acids is 1. The molecule has 5 N–H and O–H groups in total. The number of nitrogens with two attached hydrogens (primary N) is 1. The maximum absolute atomic E-state index is 14.0. The summed E-state index contributed by atoms with van der Waals surface area (Å²) in [5.41, 5.74) is 10.6. The molecule has 3 aromatic carbocycles. The van der Waals surface area contributed by atoms with Crippen LogP contribution in [0.25, 0.3) is 11.0 Å². The number of hydrogen-bond donors (Lipinski definition) is 4. The van der Waals surface area contributed by atoms with E-state index < -0.39 is 5.82 Å². The number of anilines is 2. The second-order valence-electron chi connectivity index (χ2n) is 12.8. The Labute approximate surface area is 303 Å². The number of halogens is 2. The van der Waals surface area contributed by atoms with E-state index in [9.17, 15) is 9.18 Å². The van der Waals surface area contributed by atoms with E-state index in [1.807, 2.05) is 18.2 Å². The molecule has 6 rings (SSSR count). The van der Waals surface area contributed by atoms with Gasteiger partial charge in [-0.1, -0.05) is 29.8 Å². The normalized spacial score (nSPS) is 16.7. The number of hydrogen-bond acceptors (Lipinski definition) is 8. The Morgan fingerprint density at radius 3 is 2.63 bits per heavy atom. The molecule has 2 aliphatic rings. The Kier molecular flexibility index (Phi) is 13.1. The molecule has 0 saturated carbocycles. The van der Waals surface area contributed by atoms with Crippen molar-refractivity contribution in [2.75, 3.05) is 30.7 Å². The van der Waals surface area contributed by atoms with Crippen LogP contribution in [0.3, 0.4) is 0 Å². The molecule has 1 aromatic heterocycles. The van der Waals surface area contributed by atoms with Gasteiger partial charge >= 0.3 is 0 Å². The highest BCUT2D eigenvalue weighted by molar-refractivity contribution is 6.30. The van der Waals surface area contributed by atoms with Crippen molar-refractivity contribution in [2.24, 2.45) is 10.9 Å². The molecule has 1 atom stereocenters. The average Bonchev–Trinajstić information content (AvgIpc) is 3.50. The fraction of sp³-hybridized carbons (Fsp3) is 0.333. The molecule has 0 radical (unpaired) electrons. The monoisotopic (exact) mass is 713 g/mol. The second kappa shape index (κ2) is 17.9. The van der Waals surface area contributed by atoms with Crippen LogP contribution >= 0.6 is 11.6 Å². The highest BCUT2D eigenvalue weighted by atomic mass is 35.5. The predicted octanol–water partition coefficient (Wildman–Crippen LogP) is 8.29. The molecule has 2 fully saturated rings. The van der Waals surface area contributed by atoms with Crippen molar-refractivity contribution in [1.82, 2.24) is 14.9 Å². The molecule has 0 spiro atoms. The number of amides is 1. The van der Waals surface area contributed by atoms with Crippen molar-refractivity contribution in [2.45, 2.75) is 58.8 Å². The van der Waals surface area contributed by atoms with Crippen LogP contribution < -0.4 is 11.1 Å². The number of likely N-dealkylation sites (tertiary alicyclic amines) is 1. The Morgan fingerprint density at radius 2 is 1.98 bits per heavy atom. The minimum absolute atomic E-state index is 0.0416. The minimum atomic E-state index is -0.419. The van der Waals surface area contributed by atoms with Crippen LogP contribution in [0.15, 0.2) is 83.7 Å². The topological polar surface area (TPSA) is 142 Å². The number of H-pyrrole nitrogens is 1. The van der Waals surface area contributed by atoms with Crippen molar-refractivity contribution in [3.05, 3.63) is 112 Å². The quantitative estimate of drug-likeness (QED) is 0.0504. The fourth-order valence-corrected chi connectivity index (χ4v) is 5.93. The summed E-state index contributed by atoms with van der Waals surface area (Å²) in [6.45, 7) is 11.0. The molecule has 10 nitrogen and oxygen atoms in total. The second-order valence-corrected chi connectivity index (χ2v) is 13.3. The van der Waals surface area contributed by atoms with E-state index in [1.54, 1.807) is 49.4 Å². The van der Waals surface area contributed by atoms with Gasteiger partial charge < -0.3 is 30.9 Å². The van der Waals surface area contributed by atoms with Crippen molar-refractivity contribution >= 4 is 52.3 Å². The maximum Gasteiger partial charge on any atom is 0.255 e. The molecule has 12 heteroatoms. The molecular formula is C39H45ClFN7O3. The number of allylic oxidation sites excluding steroid dienone is 3. The Balaban J connectivity index is 0.000000927. The van der Waals surface area contributed by atoms with Gasteiger partial charge in [-0.05, 0) is 120 Å². The number of benzene rings is 3. The van der Waals surface area contributed by atoms with Crippen LogP contribution in [0.4, 0.5) is 15.8 Å². The first kappa shape index (κ1) is 37.4. The SMILES string of the molecule is C=N/C(=C\C=C/CC1CCN(Cc2nc3ccc(C(=O)Nc4ccc(C(C)=N)c(N)c4)cc3[nH]2)CC1)OCc1ccc(Cl)cc1F.C[C@@H]1CCO1. The standard InChI is InChI=1S/C35H37ClFN7O2.C4H8O/c1-22(38)28-11-10-27(19-30(28)39)41-35(45)24-8-12-31-32(17-24)43-33(42-31)20-44-15-13-23(14-16-44)5-3-4-6-34(40-2)46-21-25-7-9-26(36)18-29(25)37;1-4-2-3-5-4/h3-4,6-12,17-19,23,38H,2,5,13-16,20-21,39H2,1H3,(H,41,45)(H,42,43);4H,2-3H2,1H3/b4-3-,34-6+,38-22?;/t;4-/m.1/s1. The Bertz CT molecular complexity index is 1910. The zero-order chi connectivity index (χ0) is 36.3. The maximum atomic E-state index is 14.0. The van der Waals surface area contributed by atoms with Gasteiger partial charge in [0.15, 0.2) is 0 Å². The lowest BCUT2D eigenvalue weighted by Crippen LogP contribution is -2.33. The number of rotatable bonds is 12. The van der Waals surface area contributed by atoms with E-state index in [0.717, 1.165) is 55.8 Å². The predicted molar refractivity (Wildman–Crippen MR) is 203 cm³/mol. The summed E-state index contributed by atoms with van der Waals surface area (Å²) in [4.78, 5) is 27.3. The first-order valence-electron chi connectivity index (χ1n) is 17.1.